The van der Waals surface area contributed by atoms with Gasteiger partial charge in [-0.05, 0) is 42.0 Å². The normalized spacial score (nSPS) is 11.0. The van der Waals surface area contributed by atoms with Gasteiger partial charge in [-0.3, -0.25) is 4.79 Å². The third kappa shape index (κ3) is 4.71. The van der Waals surface area contributed by atoms with E-state index in [2.05, 4.69) is 29.8 Å². The smallest absolute Gasteiger partial charge is 0.234 e. The van der Waals surface area contributed by atoms with E-state index in [1.54, 1.807) is 11.3 Å². The van der Waals surface area contributed by atoms with Gasteiger partial charge in [0.2, 0.25) is 5.91 Å². The van der Waals surface area contributed by atoms with Crippen molar-refractivity contribution in [2.45, 2.75) is 31.7 Å². The Morgan fingerprint density at radius 2 is 1.93 bits per heavy atom. The van der Waals surface area contributed by atoms with Gasteiger partial charge in [0, 0.05) is 22.4 Å². The number of amides is 1. The molecule has 1 N–H and O–H groups in total. The number of hydrogen-bond acceptors (Lipinski definition) is 5. The summed E-state index contributed by atoms with van der Waals surface area (Å²) in [5.41, 5.74) is 4.07. The maximum atomic E-state index is 12.7. The summed E-state index contributed by atoms with van der Waals surface area (Å²) in [6.07, 6.45) is 1.58. The van der Waals surface area contributed by atoms with E-state index in [1.807, 2.05) is 49.4 Å². The number of nitrogens with zero attached hydrogens (tertiary/aromatic N) is 2. The van der Waals surface area contributed by atoms with Gasteiger partial charge in [0.1, 0.15) is 10.9 Å². The molecule has 0 aliphatic heterocycles. The highest BCUT2D eigenvalue weighted by molar-refractivity contribution is 8.00. The fourth-order valence-electron chi connectivity index (χ4n) is 3.36. The average Bonchev–Trinajstić information content (AvgIpc) is 3.26. The summed E-state index contributed by atoms with van der Waals surface area (Å²) >= 11 is 3.17. The van der Waals surface area contributed by atoms with Crippen molar-refractivity contribution in [3.05, 3.63) is 81.8 Å². The minimum absolute atomic E-state index is 0.0218. The number of anilines is 1. The lowest BCUT2D eigenvalue weighted by atomic mass is 10.1. The number of nitrogens with one attached hydrogen (secondary N) is 1. The molecule has 0 radical (unpaired) electrons. The average molecular weight is 434 g/mol. The Morgan fingerprint density at radius 1 is 1.07 bits per heavy atom. The van der Waals surface area contributed by atoms with Crippen LogP contribution < -0.4 is 5.32 Å². The van der Waals surface area contributed by atoms with Crippen LogP contribution in [0.25, 0.3) is 10.9 Å². The molecule has 0 aliphatic carbocycles. The largest absolute Gasteiger partial charge is 0.325 e. The summed E-state index contributed by atoms with van der Waals surface area (Å²) in [5, 5.41) is 6.99. The minimum atomic E-state index is -0.0218. The Balaban J connectivity index is 1.54. The lowest BCUT2D eigenvalue weighted by Gasteiger charge is -2.13. The lowest BCUT2D eigenvalue weighted by Crippen LogP contribution is -2.16. The molecule has 0 unspecified atom stereocenters. The van der Waals surface area contributed by atoms with Crippen LogP contribution >= 0.6 is 23.1 Å². The molecule has 0 bridgehead atoms. The van der Waals surface area contributed by atoms with Gasteiger partial charge in [0.25, 0.3) is 0 Å². The number of rotatable bonds is 7. The van der Waals surface area contributed by atoms with Gasteiger partial charge in [0.05, 0.1) is 11.3 Å². The van der Waals surface area contributed by atoms with E-state index in [0.717, 1.165) is 45.0 Å². The molecule has 1 amide bonds. The molecule has 30 heavy (non-hydrogen) atoms. The highest BCUT2D eigenvalue weighted by Crippen LogP contribution is 2.27. The number of fused-ring (bicyclic) bond motifs is 1. The second kappa shape index (κ2) is 9.41. The Morgan fingerprint density at radius 3 is 2.73 bits per heavy atom. The Bertz CT molecular complexity index is 1170. The van der Waals surface area contributed by atoms with Crippen LogP contribution in [-0.2, 0) is 17.6 Å². The van der Waals surface area contributed by atoms with Gasteiger partial charge >= 0.3 is 0 Å². The van der Waals surface area contributed by atoms with Crippen molar-refractivity contribution in [2.24, 2.45) is 0 Å². The van der Waals surface area contributed by atoms with Gasteiger partial charge in [-0.15, -0.1) is 11.3 Å². The zero-order valence-electron chi connectivity index (χ0n) is 17.0. The summed E-state index contributed by atoms with van der Waals surface area (Å²) in [5.74, 6) is 1.06. The molecule has 4 nitrogen and oxygen atoms in total. The van der Waals surface area contributed by atoms with E-state index in [9.17, 15) is 4.79 Å². The Kier molecular flexibility index (Phi) is 6.45. The summed E-state index contributed by atoms with van der Waals surface area (Å²) in [6, 6.07) is 18.2. The van der Waals surface area contributed by atoms with Crippen molar-refractivity contribution in [2.75, 3.05) is 11.1 Å². The number of aromatic nitrogens is 2. The zero-order chi connectivity index (χ0) is 20.9. The Hall–Kier alpha value is -2.70. The van der Waals surface area contributed by atoms with Crippen LogP contribution in [0.2, 0.25) is 0 Å². The van der Waals surface area contributed by atoms with Crippen molar-refractivity contribution in [1.82, 2.24) is 9.97 Å². The molecule has 2 aromatic carbocycles. The summed E-state index contributed by atoms with van der Waals surface area (Å²) in [7, 11) is 0. The molecule has 6 heteroatoms. The first-order valence-corrected chi connectivity index (χ1v) is 11.8. The quantitative estimate of drug-likeness (QED) is 0.292. The van der Waals surface area contributed by atoms with Crippen LogP contribution in [0.15, 0.2) is 65.0 Å². The zero-order valence-corrected chi connectivity index (χ0v) is 18.6. The first kappa shape index (κ1) is 20.6. The van der Waals surface area contributed by atoms with Crippen LogP contribution in [0, 0.1) is 6.92 Å². The molecule has 4 aromatic rings. The number of thiophene rings is 1. The van der Waals surface area contributed by atoms with Gasteiger partial charge in [-0.2, -0.15) is 0 Å². The number of thioether (sulfide) groups is 1. The van der Waals surface area contributed by atoms with Gasteiger partial charge < -0.3 is 5.32 Å². The molecular weight excluding hydrogens is 410 g/mol. The monoisotopic (exact) mass is 433 g/mol. The van der Waals surface area contributed by atoms with Gasteiger partial charge in [-0.1, -0.05) is 61.2 Å². The predicted octanol–water partition coefficient (Wildman–Crippen LogP) is 5.88. The molecule has 4 rings (SSSR count). The number of benzene rings is 2. The number of aryl methyl sites for hydroxylation is 2. The van der Waals surface area contributed by atoms with Crippen molar-refractivity contribution in [3.8, 4) is 0 Å². The summed E-state index contributed by atoms with van der Waals surface area (Å²) in [4.78, 5) is 23.4. The number of hydrogen-bond donors (Lipinski definition) is 1. The second-order valence-corrected chi connectivity index (χ2v) is 9.01. The van der Waals surface area contributed by atoms with Crippen molar-refractivity contribution in [1.29, 1.82) is 0 Å². The maximum Gasteiger partial charge on any atom is 0.234 e. The first-order chi connectivity index (χ1) is 14.6. The van der Waals surface area contributed by atoms with E-state index >= 15 is 0 Å². The molecule has 0 aliphatic rings. The van der Waals surface area contributed by atoms with Crippen molar-refractivity contribution in [3.63, 3.8) is 0 Å². The lowest BCUT2D eigenvalue weighted by molar-refractivity contribution is -0.113. The summed E-state index contributed by atoms with van der Waals surface area (Å²) < 4.78 is 0. The standard InChI is InChI=1S/C24H23N3OS2/c1-3-17-9-6-8-16(2)23(17)27-22(28)15-30-24-19-11-4-5-12-20(19)25-21(26-24)14-18-10-7-13-29-18/h4-13H,3,14-15H2,1-2H3,(H,27,28). The van der Waals surface area contributed by atoms with Crippen LogP contribution in [0.1, 0.15) is 28.8 Å². The number of carbonyl (C=O) groups excluding carboxylic acids is 1. The molecule has 152 valence electrons. The number of para-hydroxylation sites is 2. The molecule has 0 spiro atoms. The maximum absolute atomic E-state index is 12.7. The van der Waals surface area contributed by atoms with Crippen LogP contribution in [0.3, 0.4) is 0 Å². The molecular formula is C24H23N3OS2. The summed E-state index contributed by atoms with van der Waals surface area (Å²) in [6.45, 7) is 4.12. The Labute approximate surface area is 184 Å². The third-order valence-electron chi connectivity index (χ3n) is 4.87. The third-order valence-corrected chi connectivity index (χ3v) is 6.74. The van der Waals surface area contributed by atoms with E-state index in [4.69, 9.17) is 9.97 Å². The molecule has 0 saturated heterocycles. The molecule has 0 atom stereocenters. The molecule has 2 aromatic heterocycles. The van der Waals surface area contributed by atoms with E-state index in [0.29, 0.717) is 12.2 Å². The van der Waals surface area contributed by atoms with Gasteiger partial charge in [-0.25, -0.2) is 9.97 Å². The van der Waals surface area contributed by atoms with E-state index in [-0.39, 0.29) is 5.91 Å². The minimum Gasteiger partial charge on any atom is -0.325 e. The van der Waals surface area contributed by atoms with Crippen LogP contribution in [-0.4, -0.2) is 21.6 Å². The second-order valence-electron chi connectivity index (χ2n) is 7.02. The fraction of sp³-hybridized carbons (Fsp3) is 0.208. The number of carbonyl (C=O) groups is 1. The molecule has 2 heterocycles. The fourth-order valence-corrected chi connectivity index (χ4v) is 4.90. The van der Waals surface area contributed by atoms with Gasteiger partial charge in [0.15, 0.2) is 0 Å². The van der Waals surface area contributed by atoms with Crippen LogP contribution in [0.5, 0.6) is 0 Å². The highest BCUT2D eigenvalue weighted by Gasteiger charge is 2.13. The topological polar surface area (TPSA) is 54.9 Å². The van der Waals surface area contributed by atoms with Crippen molar-refractivity contribution >= 4 is 45.6 Å². The van der Waals surface area contributed by atoms with E-state index < -0.39 is 0 Å². The van der Waals surface area contributed by atoms with Crippen molar-refractivity contribution < 1.29 is 4.79 Å². The van der Waals surface area contributed by atoms with Crippen LogP contribution in [0.4, 0.5) is 5.69 Å². The SMILES string of the molecule is CCc1cccc(C)c1NC(=O)CSc1nc(Cc2cccs2)nc2ccccc12. The van der Waals surface area contributed by atoms with E-state index in [1.165, 1.54) is 16.6 Å². The predicted molar refractivity (Wildman–Crippen MR) is 127 cm³/mol. The molecule has 0 fully saturated rings. The first-order valence-electron chi connectivity index (χ1n) is 9.93. The highest BCUT2D eigenvalue weighted by atomic mass is 32.2. The molecule has 0 saturated carbocycles.